The summed E-state index contributed by atoms with van der Waals surface area (Å²) >= 11 is 13.4. The molecule has 0 fully saturated rings. The van der Waals surface area contributed by atoms with E-state index in [1.165, 1.54) is 4.88 Å². The number of thiophene rings is 1. The lowest BCUT2D eigenvalue weighted by atomic mass is 9.95. The van der Waals surface area contributed by atoms with Crippen molar-refractivity contribution in [3.63, 3.8) is 0 Å². The normalized spacial score (nSPS) is 12.8. The summed E-state index contributed by atoms with van der Waals surface area (Å²) < 4.78 is 7.06. The van der Waals surface area contributed by atoms with Crippen molar-refractivity contribution in [3.8, 4) is 0 Å². The number of rotatable bonds is 6. The van der Waals surface area contributed by atoms with E-state index < -0.39 is 0 Å². The minimum absolute atomic E-state index is 0.308. The van der Waals surface area contributed by atoms with Crippen molar-refractivity contribution < 1.29 is 9.53 Å². The van der Waals surface area contributed by atoms with Crippen LogP contribution in [-0.4, -0.2) is 27.5 Å². The lowest BCUT2D eigenvalue weighted by Crippen LogP contribution is -2.21. The van der Waals surface area contributed by atoms with Gasteiger partial charge in [0.2, 0.25) is 0 Å². The summed E-state index contributed by atoms with van der Waals surface area (Å²) in [5, 5.41) is 12.2. The van der Waals surface area contributed by atoms with E-state index in [2.05, 4.69) is 15.7 Å². The summed E-state index contributed by atoms with van der Waals surface area (Å²) in [5.41, 5.74) is 2.81. The number of fused-ring (bicyclic) bond motifs is 1. The van der Waals surface area contributed by atoms with Gasteiger partial charge >= 0.3 is 5.97 Å². The van der Waals surface area contributed by atoms with Gasteiger partial charge in [0.15, 0.2) is 10.9 Å². The second-order valence-electron chi connectivity index (χ2n) is 7.22. The SMILES string of the molecule is CCOC(=O)c1c(NC(=S)Nc2nn(Cc3ccccc3)cc2Cl)sc2c1CCCC2. The first kappa shape index (κ1) is 21.8. The number of ether oxygens (including phenoxy) is 1. The first-order valence-electron chi connectivity index (χ1n) is 10.2. The van der Waals surface area contributed by atoms with E-state index in [0.29, 0.717) is 39.7 Å². The predicted molar refractivity (Wildman–Crippen MR) is 130 cm³/mol. The summed E-state index contributed by atoms with van der Waals surface area (Å²) in [4.78, 5) is 13.8. The molecule has 2 N–H and O–H groups in total. The number of nitrogens with zero attached hydrogens (tertiary/aromatic N) is 2. The quantitative estimate of drug-likeness (QED) is 0.362. The Hall–Kier alpha value is -2.42. The van der Waals surface area contributed by atoms with E-state index in [4.69, 9.17) is 28.6 Å². The second-order valence-corrected chi connectivity index (χ2v) is 9.14. The molecule has 162 valence electrons. The lowest BCUT2D eigenvalue weighted by Gasteiger charge is -2.13. The van der Waals surface area contributed by atoms with Crippen LogP contribution in [0.1, 0.15) is 46.1 Å². The van der Waals surface area contributed by atoms with Crippen LogP contribution in [0, 0.1) is 0 Å². The molecule has 0 spiro atoms. The Bertz CT molecular complexity index is 1090. The number of thiocarbonyl (C=S) groups is 1. The summed E-state index contributed by atoms with van der Waals surface area (Å²) in [6, 6.07) is 10.0. The first-order valence-corrected chi connectivity index (χ1v) is 11.8. The molecule has 0 amide bonds. The molecule has 6 nitrogen and oxygen atoms in total. The van der Waals surface area contributed by atoms with E-state index in [1.807, 2.05) is 37.3 Å². The molecule has 0 unspecified atom stereocenters. The summed E-state index contributed by atoms with van der Waals surface area (Å²) in [7, 11) is 0. The number of hydrogen-bond acceptors (Lipinski definition) is 5. The average Bonchev–Trinajstić information content (AvgIpc) is 3.28. The zero-order valence-corrected chi connectivity index (χ0v) is 19.5. The number of benzene rings is 1. The van der Waals surface area contributed by atoms with Gasteiger partial charge in [0.05, 0.1) is 18.7 Å². The van der Waals surface area contributed by atoms with E-state index in [0.717, 1.165) is 36.8 Å². The van der Waals surface area contributed by atoms with Gasteiger partial charge < -0.3 is 15.4 Å². The largest absolute Gasteiger partial charge is 0.462 e. The molecule has 9 heteroatoms. The summed E-state index contributed by atoms with van der Waals surface area (Å²) in [6.07, 6.45) is 5.83. The van der Waals surface area contributed by atoms with Crippen LogP contribution < -0.4 is 10.6 Å². The van der Waals surface area contributed by atoms with Crippen LogP contribution >= 0.6 is 35.2 Å². The predicted octanol–water partition coefficient (Wildman–Crippen LogP) is 5.51. The smallest absolute Gasteiger partial charge is 0.341 e. The Kier molecular flexibility index (Phi) is 6.89. The lowest BCUT2D eigenvalue weighted by molar-refractivity contribution is 0.0526. The van der Waals surface area contributed by atoms with E-state index in [1.54, 1.807) is 22.2 Å². The maximum Gasteiger partial charge on any atom is 0.341 e. The Morgan fingerprint density at radius 1 is 1.26 bits per heavy atom. The van der Waals surface area contributed by atoms with Gasteiger partial charge in [-0.3, -0.25) is 4.68 Å². The van der Waals surface area contributed by atoms with Crippen LogP contribution in [0.25, 0.3) is 0 Å². The van der Waals surface area contributed by atoms with Crippen molar-refractivity contribution in [3.05, 3.63) is 63.1 Å². The van der Waals surface area contributed by atoms with Crippen LogP contribution in [0.15, 0.2) is 36.5 Å². The van der Waals surface area contributed by atoms with E-state index >= 15 is 0 Å². The van der Waals surface area contributed by atoms with Gasteiger partial charge in [-0.25, -0.2) is 4.79 Å². The number of nitrogens with one attached hydrogen (secondary N) is 2. The highest BCUT2D eigenvalue weighted by Crippen LogP contribution is 2.38. The number of aryl methyl sites for hydroxylation is 1. The van der Waals surface area contributed by atoms with Crippen molar-refractivity contribution in [2.75, 3.05) is 17.2 Å². The molecule has 2 heterocycles. The molecule has 0 atom stereocenters. The minimum atomic E-state index is -0.308. The molecule has 1 aromatic carbocycles. The third kappa shape index (κ3) is 5.08. The van der Waals surface area contributed by atoms with Crippen LogP contribution in [0.3, 0.4) is 0 Å². The maximum absolute atomic E-state index is 12.6. The van der Waals surface area contributed by atoms with Gasteiger partial charge in [-0.05, 0) is 56.0 Å². The molecule has 0 aliphatic heterocycles. The van der Waals surface area contributed by atoms with Gasteiger partial charge in [-0.15, -0.1) is 11.3 Å². The van der Waals surface area contributed by atoms with Crippen molar-refractivity contribution in [2.45, 2.75) is 39.2 Å². The molecule has 1 aliphatic rings. The van der Waals surface area contributed by atoms with E-state index in [-0.39, 0.29) is 5.97 Å². The fraction of sp³-hybridized carbons (Fsp3) is 0.318. The Labute approximate surface area is 195 Å². The van der Waals surface area contributed by atoms with Crippen molar-refractivity contribution in [2.24, 2.45) is 0 Å². The molecular formula is C22H23ClN4O2S2. The molecule has 3 aromatic rings. The highest BCUT2D eigenvalue weighted by Gasteiger charge is 2.27. The van der Waals surface area contributed by atoms with Gasteiger partial charge in [0.25, 0.3) is 0 Å². The molecule has 31 heavy (non-hydrogen) atoms. The Balaban J connectivity index is 1.49. The highest BCUT2D eigenvalue weighted by atomic mass is 35.5. The third-order valence-electron chi connectivity index (χ3n) is 5.01. The van der Waals surface area contributed by atoms with Crippen LogP contribution in [0.4, 0.5) is 10.8 Å². The van der Waals surface area contributed by atoms with Gasteiger partial charge in [0.1, 0.15) is 10.0 Å². The molecule has 1 aliphatic carbocycles. The number of carbonyl (C=O) groups is 1. The number of anilines is 2. The summed E-state index contributed by atoms with van der Waals surface area (Å²) in [6.45, 7) is 2.75. The Morgan fingerprint density at radius 3 is 2.81 bits per heavy atom. The molecular weight excluding hydrogens is 452 g/mol. The Morgan fingerprint density at radius 2 is 2.03 bits per heavy atom. The standard InChI is InChI=1S/C22H23ClN4O2S2/c1-2-29-21(28)18-15-10-6-7-11-17(15)31-20(18)25-22(30)24-19-16(23)13-27(26-19)12-14-8-4-3-5-9-14/h3-5,8-9,13H,2,6-7,10-12H2,1H3,(H2,24,25,26,30). The fourth-order valence-corrected chi connectivity index (χ4v) is 5.39. The molecule has 0 radical (unpaired) electrons. The molecule has 2 aromatic heterocycles. The van der Waals surface area contributed by atoms with Crippen LogP contribution in [0.2, 0.25) is 5.02 Å². The van der Waals surface area contributed by atoms with Crippen LogP contribution in [-0.2, 0) is 24.1 Å². The van der Waals surface area contributed by atoms with Gasteiger partial charge in [0, 0.05) is 11.1 Å². The van der Waals surface area contributed by atoms with Crippen molar-refractivity contribution >= 4 is 57.1 Å². The number of aromatic nitrogens is 2. The van der Waals surface area contributed by atoms with Crippen LogP contribution in [0.5, 0.6) is 0 Å². The summed E-state index contributed by atoms with van der Waals surface area (Å²) in [5.74, 6) is 0.159. The number of carbonyl (C=O) groups excluding carboxylic acids is 1. The average molecular weight is 475 g/mol. The molecule has 0 bridgehead atoms. The molecule has 0 saturated heterocycles. The fourth-order valence-electron chi connectivity index (χ4n) is 3.65. The van der Waals surface area contributed by atoms with Gasteiger partial charge in [-0.1, -0.05) is 41.9 Å². The van der Waals surface area contributed by atoms with Gasteiger partial charge in [-0.2, -0.15) is 5.10 Å². The number of esters is 1. The number of hydrogen-bond donors (Lipinski definition) is 2. The van der Waals surface area contributed by atoms with E-state index in [9.17, 15) is 4.79 Å². The zero-order valence-electron chi connectivity index (χ0n) is 17.1. The molecule has 4 rings (SSSR count). The monoisotopic (exact) mass is 474 g/mol. The van der Waals surface area contributed by atoms with Crippen molar-refractivity contribution in [1.29, 1.82) is 0 Å². The van der Waals surface area contributed by atoms with Crippen molar-refractivity contribution in [1.82, 2.24) is 9.78 Å². The number of halogens is 1. The first-order chi connectivity index (χ1) is 15.0. The minimum Gasteiger partial charge on any atom is -0.462 e. The highest BCUT2D eigenvalue weighted by molar-refractivity contribution is 7.80. The third-order valence-corrected chi connectivity index (χ3v) is 6.70. The zero-order chi connectivity index (χ0) is 21.8. The second kappa shape index (κ2) is 9.80. The maximum atomic E-state index is 12.6. The molecule has 0 saturated carbocycles. The topological polar surface area (TPSA) is 68.2 Å².